The van der Waals surface area contributed by atoms with Crippen molar-refractivity contribution in [1.82, 2.24) is 19.9 Å². The Labute approximate surface area is 301 Å². The number of benzene rings is 4. The monoisotopic (exact) mass is 674 g/mol. The summed E-state index contributed by atoms with van der Waals surface area (Å²) < 4.78 is 11.0. The number of aromatic nitrogens is 4. The van der Waals surface area contributed by atoms with E-state index in [4.69, 9.17) is 19.4 Å². The van der Waals surface area contributed by atoms with Crippen LogP contribution < -0.4 is 9.47 Å². The number of hydrogen-bond donors (Lipinski definition) is 2. The molecular weight excluding hydrogens is 641 g/mol. The van der Waals surface area contributed by atoms with Gasteiger partial charge in [0.2, 0.25) is 0 Å². The molecule has 250 valence electrons. The van der Waals surface area contributed by atoms with E-state index in [0.717, 1.165) is 101 Å². The molecule has 8 bridgehead atoms. The third-order valence-electron chi connectivity index (χ3n) is 9.64. The molecule has 0 unspecified atom stereocenters. The highest BCUT2D eigenvalue weighted by Gasteiger charge is 2.19. The number of H-pyrrole nitrogens is 2. The Morgan fingerprint density at radius 3 is 0.923 bits per heavy atom. The molecule has 52 heavy (non-hydrogen) atoms. The van der Waals surface area contributed by atoms with Gasteiger partial charge in [-0.2, -0.15) is 0 Å². The maximum atomic E-state index is 5.52. The van der Waals surface area contributed by atoms with Crippen molar-refractivity contribution in [3.63, 3.8) is 0 Å². The lowest BCUT2D eigenvalue weighted by molar-refractivity contribution is 0.415. The number of methoxy groups -OCH3 is 2. The Morgan fingerprint density at radius 2 is 0.635 bits per heavy atom. The van der Waals surface area contributed by atoms with Crippen molar-refractivity contribution in [2.75, 3.05) is 14.2 Å². The second-order valence-electron chi connectivity index (χ2n) is 12.7. The Balaban J connectivity index is 1.45. The molecule has 6 heteroatoms. The molecule has 0 spiro atoms. The van der Waals surface area contributed by atoms with Crippen LogP contribution in [0.15, 0.2) is 133 Å². The molecule has 0 radical (unpaired) electrons. The zero-order chi connectivity index (χ0) is 35.0. The minimum Gasteiger partial charge on any atom is -0.497 e. The Bertz CT molecular complexity index is 2480. The third kappa shape index (κ3) is 5.56. The van der Waals surface area contributed by atoms with E-state index in [1.54, 1.807) is 14.2 Å². The number of fused-ring (bicyclic) bond motifs is 8. The first kappa shape index (κ1) is 31.1. The van der Waals surface area contributed by atoms with Gasteiger partial charge >= 0.3 is 0 Å². The molecule has 5 heterocycles. The van der Waals surface area contributed by atoms with Crippen molar-refractivity contribution in [3.8, 4) is 56.0 Å². The van der Waals surface area contributed by atoms with E-state index in [9.17, 15) is 0 Å². The van der Waals surface area contributed by atoms with E-state index in [0.29, 0.717) is 0 Å². The van der Waals surface area contributed by atoms with Gasteiger partial charge in [0, 0.05) is 44.3 Å². The Morgan fingerprint density at radius 1 is 0.346 bits per heavy atom. The van der Waals surface area contributed by atoms with Gasteiger partial charge in [0.1, 0.15) is 11.5 Å². The summed E-state index contributed by atoms with van der Waals surface area (Å²) in [6.07, 6.45) is 8.46. The minimum absolute atomic E-state index is 0.798. The maximum Gasteiger partial charge on any atom is 0.118 e. The smallest absolute Gasteiger partial charge is 0.118 e. The van der Waals surface area contributed by atoms with Crippen molar-refractivity contribution in [2.24, 2.45) is 0 Å². The van der Waals surface area contributed by atoms with E-state index in [-0.39, 0.29) is 0 Å². The molecule has 0 amide bonds. The van der Waals surface area contributed by atoms with E-state index in [1.165, 1.54) is 0 Å². The maximum absolute atomic E-state index is 5.52. The first-order valence-corrected chi connectivity index (χ1v) is 17.2. The zero-order valence-corrected chi connectivity index (χ0v) is 28.7. The average Bonchev–Trinajstić information content (AvgIpc) is 4.04. The lowest BCUT2D eigenvalue weighted by Crippen LogP contribution is -1.90. The normalized spacial score (nSPS) is 11.9. The highest BCUT2D eigenvalue weighted by molar-refractivity contribution is 5.99. The number of rotatable bonds is 6. The molecule has 0 atom stereocenters. The molecule has 3 aromatic heterocycles. The van der Waals surface area contributed by atoms with Gasteiger partial charge in [0.15, 0.2) is 0 Å². The van der Waals surface area contributed by atoms with Gasteiger partial charge in [-0.1, -0.05) is 84.9 Å². The van der Waals surface area contributed by atoms with Crippen LogP contribution in [-0.4, -0.2) is 34.2 Å². The molecule has 0 saturated carbocycles. The number of ether oxygens (including phenoxy) is 2. The van der Waals surface area contributed by atoms with Gasteiger partial charge in [-0.3, -0.25) is 0 Å². The molecule has 4 aromatic carbocycles. The quantitative estimate of drug-likeness (QED) is 0.184. The number of nitrogens with zero attached hydrogens (tertiary/aromatic N) is 2. The Hall–Kier alpha value is -6.92. The first-order chi connectivity index (χ1) is 25.7. The van der Waals surface area contributed by atoms with E-state index in [1.807, 2.05) is 36.4 Å². The molecule has 2 N–H and O–H groups in total. The largest absolute Gasteiger partial charge is 0.497 e. The van der Waals surface area contributed by atoms with E-state index in [2.05, 4.69) is 131 Å². The SMILES string of the molecule is COc1ccc(-c2c3nc(c(-c4ccccc4)c4ccc([nH]4)c(-c4ccc(OC)cc4)c4nc(c(-c5ccccc5)c5ccc2[nH]5)C=C4)C=C3)cc1. The molecule has 6 nitrogen and oxygen atoms in total. The summed E-state index contributed by atoms with van der Waals surface area (Å²) in [6.45, 7) is 0. The number of aromatic amines is 2. The van der Waals surface area contributed by atoms with Crippen LogP contribution in [0.2, 0.25) is 0 Å². The van der Waals surface area contributed by atoms with Crippen LogP contribution in [0, 0.1) is 0 Å². The standard InChI is InChI=1S/C46H34N4O2/c1-51-33-17-13-31(14-18-33)45-39-25-21-35(47-39)43(29-9-5-3-6-10-29)37-23-27-41(49-37)46(32-15-19-34(52-2)20-16-32)42-28-24-38(50-42)44(30-11-7-4-8-12-30)36-22-26-40(45)48-36/h3-28,47,50H,1-2H3. The lowest BCUT2D eigenvalue weighted by atomic mass is 10.0. The predicted molar refractivity (Wildman–Crippen MR) is 214 cm³/mol. The molecule has 0 fully saturated rings. The highest BCUT2D eigenvalue weighted by atomic mass is 16.5. The summed E-state index contributed by atoms with van der Waals surface area (Å²) in [6, 6.07) is 45.7. The van der Waals surface area contributed by atoms with Crippen molar-refractivity contribution >= 4 is 46.4 Å². The highest BCUT2D eigenvalue weighted by Crippen LogP contribution is 2.38. The minimum atomic E-state index is 0.798. The molecule has 7 aromatic rings. The van der Waals surface area contributed by atoms with Gasteiger partial charge in [-0.25, -0.2) is 9.97 Å². The molecule has 2 aliphatic heterocycles. The number of hydrogen-bond acceptors (Lipinski definition) is 4. The molecule has 0 aliphatic carbocycles. The van der Waals surface area contributed by atoms with Crippen LogP contribution >= 0.6 is 0 Å². The van der Waals surface area contributed by atoms with Crippen LogP contribution in [0.3, 0.4) is 0 Å². The predicted octanol–water partition coefficient (Wildman–Crippen LogP) is 11.3. The van der Waals surface area contributed by atoms with Gasteiger partial charge in [0.25, 0.3) is 0 Å². The zero-order valence-electron chi connectivity index (χ0n) is 28.7. The molecule has 9 rings (SSSR count). The van der Waals surface area contributed by atoms with E-state index >= 15 is 0 Å². The van der Waals surface area contributed by atoms with Gasteiger partial charge in [-0.05, 0) is 95.1 Å². The fraction of sp³-hybridized carbons (Fsp3) is 0.0435. The first-order valence-electron chi connectivity index (χ1n) is 17.2. The van der Waals surface area contributed by atoms with Gasteiger partial charge in [0.05, 0.1) is 37.0 Å². The van der Waals surface area contributed by atoms with Crippen LogP contribution in [0.5, 0.6) is 11.5 Å². The average molecular weight is 675 g/mol. The summed E-state index contributed by atoms with van der Waals surface area (Å²) in [4.78, 5) is 18.3. The second kappa shape index (κ2) is 13.1. The van der Waals surface area contributed by atoms with Crippen molar-refractivity contribution in [1.29, 1.82) is 0 Å². The summed E-state index contributed by atoms with van der Waals surface area (Å²) in [5.74, 6) is 1.60. The topological polar surface area (TPSA) is 75.8 Å². The van der Waals surface area contributed by atoms with Crippen LogP contribution in [0.4, 0.5) is 0 Å². The fourth-order valence-electron chi connectivity index (χ4n) is 7.15. The van der Waals surface area contributed by atoms with Crippen molar-refractivity contribution < 1.29 is 9.47 Å². The second-order valence-corrected chi connectivity index (χ2v) is 12.7. The lowest BCUT2D eigenvalue weighted by Gasteiger charge is -2.07. The van der Waals surface area contributed by atoms with Crippen molar-refractivity contribution in [2.45, 2.75) is 0 Å². The van der Waals surface area contributed by atoms with Gasteiger partial charge < -0.3 is 19.4 Å². The third-order valence-corrected chi connectivity index (χ3v) is 9.64. The summed E-state index contributed by atoms with van der Waals surface area (Å²) >= 11 is 0. The summed E-state index contributed by atoms with van der Waals surface area (Å²) in [7, 11) is 3.37. The van der Waals surface area contributed by atoms with Crippen LogP contribution in [-0.2, 0) is 0 Å². The summed E-state index contributed by atoms with van der Waals surface area (Å²) in [5, 5.41) is 0. The summed E-state index contributed by atoms with van der Waals surface area (Å²) in [5.41, 5.74) is 15.5. The van der Waals surface area contributed by atoms with Crippen LogP contribution in [0.25, 0.3) is 90.9 Å². The van der Waals surface area contributed by atoms with Gasteiger partial charge in [-0.15, -0.1) is 0 Å². The molecule has 0 saturated heterocycles. The molecular formula is C46H34N4O2. The van der Waals surface area contributed by atoms with Crippen molar-refractivity contribution in [3.05, 3.63) is 156 Å². The van der Waals surface area contributed by atoms with E-state index < -0.39 is 0 Å². The molecule has 2 aliphatic rings. The fourth-order valence-corrected chi connectivity index (χ4v) is 7.15. The Kier molecular flexibility index (Phi) is 7.82. The number of nitrogens with one attached hydrogen (secondary N) is 2. The van der Waals surface area contributed by atoms with Crippen LogP contribution in [0.1, 0.15) is 22.8 Å².